The number of hydrogen-bond acceptors (Lipinski definition) is 6. The Balaban J connectivity index is 1.90. The van der Waals surface area contributed by atoms with Gasteiger partial charge in [0, 0.05) is 6.20 Å². The second-order valence-corrected chi connectivity index (χ2v) is 5.32. The van der Waals surface area contributed by atoms with Crippen LogP contribution in [0.5, 0.6) is 0 Å². The van der Waals surface area contributed by atoms with Crippen LogP contribution in [0, 0.1) is 0 Å². The normalized spacial score (nSPS) is 10.3. The fraction of sp³-hybridized carbons (Fsp3) is 0. The molecule has 1 aromatic carbocycles. The molecule has 0 amide bonds. The molecule has 2 heterocycles. The summed E-state index contributed by atoms with van der Waals surface area (Å²) in [5.41, 5.74) is 7.76. The van der Waals surface area contributed by atoms with Crippen molar-refractivity contribution in [3.63, 3.8) is 0 Å². The highest BCUT2D eigenvalue weighted by molar-refractivity contribution is 6.33. The summed E-state index contributed by atoms with van der Waals surface area (Å²) in [6.07, 6.45) is 2.99. The van der Waals surface area contributed by atoms with Gasteiger partial charge in [-0.05, 0) is 24.3 Å². The van der Waals surface area contributed by atoms with Crippen molar-refractivity contribution in [1.82, 2.24) is 15.0 Å². The molecule has 0 aliphatic carbocycles. The van der Waals surface area contributed by atoms with Crippen molar-refractivity contribution >= 4 is 51.9 Å². The zero-order valence-electron chi connectivity index (χ0n) is 11.8. The summed E-state index contributed by atoms with van der Waals surface area (Å²) in [5.74, 6) is 0.861. The fourth-order valence-electron chi connectivity index (χ4n) is 1.89. The van der Waals surface area contributed by atoms with Crippen LogP contribution >= 0.6 is 23.2 Å². The third kappa shape index (κ3) is 3.44. The van der Waals surface area contributed by atoms with Crippen molar-refractivity contribution in [2.75, 3.05) is 16.4 Å². The largest absolute Gasteiger partial charge is 0.393 e. The lowest BCUT2D eigenvalue weighted by Gasteiger charge is -2.13. The Morgan fingerprint density at radius 1 is 0.826 bits per heavy atom. The highest BCUT2D eigenvalue weighted by Crippen LogP contribution is 2.31. The van der Waals surface area contributed by atoms with Gasteiger partial charge in [0.1, 0.15) is 12.0 Å². The van der Waals surface area contributed by atoms with Crippen molar-refractivity contribution in [3.8, 4) is 0 Å². The van der Waals surface area contributed by atoms with Gasteiger partial charge in [-0.3, -0.25) is 0 Å². The Morgan fingerprint density at radius 2 is 1.48 bits per heavy atom. The molecule has 0 spiro atoms. The number of para-hydroxylation sites is 1. The first-order chi connectivity index (χ1) is 11.1. The molecule has 6 nitrogen and oxygen atoms in total. The summed E-state index contributed by atoms with van der Waals surface area (Å²) in [5, 5.41) is 7.01. The Hall–Kier alpha value is -2.57. The summed E-state index contributed by atoms with van der Waals surface area (Å²) in [4.78, 5) is 12.3. The average molecular weight is 347 g/mol. The van der Waals surface area contributed by atoms with Crippen molar-refractivity contribution < 1.29 is 0 Å². The van der Waals surface area contributed by atoms with Crippen molar-refractivity contribution in [3.05, 3.63) is 59.1 Å². The van der Waals surface area contributed by atoms with E-state index in [4.69, 9.17) is 28.9 Å². The molecule has 0 saturated heterocycles. The van der Waals surface area contributed by atoms with E-state index in [2.05, 4.69) is 25.6 Å². The second-order valence-electron chi connectivity index (χ2n) is 4.56. The number of nitrogen functional groups attached to an aromatic ring is 1. The summed E-state index contributed by atoms with van der Waals surface area (Å²) in [6.45, 7) is 0. The maximum atomic E-state index is 6.13. The summed E-state index contributed by atoms with van der Waals surface area (Å²) >= 11 is 12.2. The highest BCUT2D eigenvalue weighted by Gasteiger charge is 2.11. The van der Waals surface area contributed by atoms with Crippen LogP contribution in [-0.4, -0.2) is 15.0 Å². The summed E-state index contributed by atoms with van der Waals surface area (Å²) in [6, 6.07) is 10.8. The zero-order chi connectivity index (χ0) is 16.2. The number of hydrogen-bond donors (Lipinski definition) is 3. The Morgan fingerprint density at radius 3 is 2.17 bits per heavy atom. The Bertz CT molecular complexity index is 774. The van der Waals surface area contributed by atoms with Crippen molar-refractivity contribution in [2.45, 2.75) is 0 Å². The van der Waals surface area contributed by atoms with Gasteiger partial charge in [-0.15, -0.1) is 0 Å². The maximum Gasteiger partial charge on any atom is 0.159 e. The predicted octanol–water partition coefficient (Wildman–Crippen LogP) is 4.25. The minimum absolute atomic E-state index is 0.325. The van der Waals surface area contributed by atoms with Crippen molar-refractivity contribution in [1.29, 1.82) is 0 Å². The van der Waals surface area contributed by atoms with Crippen LogP contribution in [0.15, 0.2) is 48.9 Å². The smallest absolute Gasteiger partial charge is 0.159 e. The lowest BCUT2D eigenvalue weighted by atomic mass is 10.3. The minimum atomic E-state index is 0.325. The molecule has 0 radical (unpaired) electrons. The number of rotatable bonds is 4. The van der Waals surface area contributed by atoms with Gasteiger partial charge < -0.3 is 16.4 Å². The molecule has 3 aromatic rings. The lowest BCUT2D eigenvalue weighted by molar-refractivity contribution is 1.17. The standard InChI is InChI=1S/C15H12Cl2N6/c16-9-4-1-2-5-10(9)22-14-12(18)15(21-8-20-14)23-11-6-3-7-19-13(11)17/h1-8H,18H2,(H2,20,21,22,23). The van der Waals surface area contributed by atoms with Crippen LogP contribution < -0.4 is 16.4 Å². The molecule has 2 aromatic heterocycles. The monoisotopic (exact) mass is 346 g/mol. The van der Waals surface area contributed by atoms with Gasteiger partial charge >= 0.3 is 0 Å². The lowest BCUT2D eigenvalue weighted by Crippen LogP contribution is -2.05. The van der Waals surface area contributed by atoms with E-state index in [-0.39, 0.29) is 0 Å². The molecule has 8 heteroatoms. The van der Waals surface area contributed by atoms with E-state index in [1.54, 1.807) is 24.4 Å². The first kappa shape index (κ1) is 15.3. The van der Waals surface area contributed by atoms with E-state index in [1.165, 1.54) is 6.33 Å². The molecular weight excluding hydrogens is 335 g/mol. The van der Waals surface area contributed by atoms with Gasteiger partial charge in [0.15, 0.2) is 16.8 Å². The second kappa shape index (κ2) is 6.68. The average Bonchev–Trinajstić information content (AvgIpc) is 2.55. The Labute approximate surface area is 142 Å². The van der Waals surface area contributed by atoms with Crippen LogP contribution in [0.25, 0.3) is 0 Å². The number of pyridine rings is 1. The number of nitrogens with zero attached hydrogens (tertiary/aromatic N) is 3. The summed E-state index contributed by atoms with van der Waals surface area (Å²) in [7, 11) is 0. The van der Waals surface area contributed by atoms with Gasteiger partial charge in [-0.1, -0.05) is 35.3 Å². The third-order valence-electron chi connectivity index (χ3n) is 3.02. The minimum Gasteiger partial charge on any atom is -0.393 e. The molecule has 0 fully saturated rings. The number of anilines is 5. The van der Waals surface area contributed by atoms with Crippen LogP contribution in [0.4, 0.5) is 28.7 Å². The third-order valence-corrected chi connectivity index (χ3v) is 3.65. The SMILES string of the molecule is Nc1c(Nc2ccccc2Cl)ncnc1Nc1cccnc1Cl. The van der Waals surface area contributed by atoms with Gasteiger partial charge in [0.25, 0.3) is 0 Å². The zero-order valence-corrected chi connectivity index (χ0v) is 13.3. The first-order valence-electron chi connectivity index (χ1n) is 6.64. The molecule has 0 saturated carbocycles. The van der Waals surface area contributed by atoms with E-state index in [1.807, 2.05) is 18.2 Å². The van der Waals surface area contributed by atoms with Crippen LogP contribution in [0.3, 0.4) is 0 Å². The van der Waals surface area contributed by atoms with E-state index in [0.717, 1.165) is 0 Å². The fourth-order valence-corrected chi connectivity index (χ4v) is 2.24. The molecule has 116 valence electrons. The molecule has 0 aliphatic rings. The van der Waals surface area contributed by atoms with E-state index >= 15 is 0 Å². The van der Waals surface area contributed by atoms with Gasteiger partial charge in [0.05, 0.1) is 16.4 Å². The quantitative estimate of drug-likeness (QED) is 0.612. The number of benzene rings is 1. The van der Waals surface area contributed by atoms with Crippen LogP contribution in [0.2, 0.25) is 10.2 Å². The molecule has 0 aliphatic heterocycles. The number of nitrogens with two attached hydrogens (primary N) is 1. The topological polar surface area (TPSA) is 88.8 Å². The van der Waals surface area contributed by atoms with Gasteiger partial charge in [0.2, 0.25) is 0 Å². The van der Waals surface area contributed by atoms with E-state index < -0.39 is 0 Å². The summed E-state index contributed by atoms with van der Waals surface area (Å²) < 4.78 is 0. The highest BCUT2D eigenvalue weighted by atomic mass is 35.5. The Kier molecular flexibility index (Phi) is 4.45. The van der Waals surface area contributed by atoms with E-state index in [0.29, 0.717) is 38.9 Å². The molecule has 0 atom stereocenters. The molecule has 4 N–H and O–H groups in total. The number of aromatic nitrogens is 3. The van der Waals surface area contributed by atoms with Crippen LogP contribution in [-0.2, 0) is 0 Å². The van der Waals surface area contributed by atoms with E-state index in [9.17, 15) is 0 Å². The number of nitrogens with one attached hydrogen (secondary N) is 2. The maximum absolute atomic E-state index is 6.13. The van der Waals surface area contributed by atoms with Gasteiger partial charge in [-0.25, -0.2) is 15.0 Å². The first-order valence-corrected chi connectivity index (χ1v) is 7.40. The number of halogens is 2. The molecule has 23 heavy (non-hydrogen) atoms. The molecular formula is C15H12Cl2N6. The molecule has 0 unspecified atom stereocenters. The predicted molar refractivity (Wildman–Crippen MR) is 93.7 cm³/mol. The molecule has 3 rings (SSSR count). The van der Waals surface area contributed by atoms with Gasteiger partial charge in [-0.2, -0.15) is 0 Å². The van der Waals surface area contributed by atoms with Crippen molar-refractivity contribution in [2.24, 2.45) is 0 Å². The molecule has 0 bridgehead atoms. The van der Waals surface area contributed by atoms with Crippen LogP contribution in [0.1, 0.15) is 0 Å².